The summed E-state index contributed by atoms with van der Waals surface area (Å²) < 4.78 is 0. The lowest BCUT2D eigenvalue weighted by molar-refractivity contribution is -0.132. The second-order valence-electron chi connectivity index (χ2n) is 7.62. The summed E-state index contributed by atoms with van der Waals surface area (Å²) in [6.07, 6.45) is 5.32. The Balaban J connectivity index is 1.36. The van der Waals surface area contributed by atoms with Crippen LogP contribution in [0.2, 0.25) is 0 Å². The fraction of sp³-hybridized carbons (Fsp3) is 0.600. The van der Waals surface area contributed by atoms with Crippen LogP contribution in [0.4, 0.5) is 4.79 Å². The van der Waals surface area contributed by atoms with E-state index in [4.69, 9.17) is 0 Å². The number of carbonyl (C=O) groups is 2. The van der Waals surface area contributed by atoms with E-state index in [0.29, 0.717) is 24.9 Å². The topological polar surface area (TPSA) is 52.7 Å². The lowest BCUT2D eigenvalue weighted by atomic mass is 10.0. The molecule has 1 heterocycles. The SMILES string of the molecule is O=C(NC(c1ccccc1)C1CC1)N1CCCN(C(=O)C2CC2)CC1. The molecular weight excluding hydrogens is 314 g/mol. The van der Waals surface area contributed by atoms with Gasteiger partial charge < -0.3 is 15.1 Å². The average Bonchev–Trinajstić information content (AvgIpc) is 3.53. The normalized spacial score (nSPS) is 22.2. The summed E-state index contributed by atoms with van der Waals surface area (Å²) in [6.45, 7) is 2.81. The van der Waals surface area contributed by atoms with Crippen molar-refractivity contribution in [2.24, 2.45) is 11.8 Å². The zero-order valence-electron chi connectivity index (χ0n) is 14.7. The largest absolute Gasteiger partial charge is 0.341 e. The first-order chi connectivity index (χ1) is 12.2. The van der Waals surface area contributed by atoms with Crippen molar-refractivity contribution in [1.82, 2.24) is 15.1 Å². The Morgan fingerprint density at radius 3 is 2.28 bits per heavy atom. The lowest BCUT2D eigenvalue weighted by Gasteiger charge is -2.26. The number of hydrogen-bond acceptors (Lipinski definition) is 2. The van der Waals surface area contributed by atoms with Gasteiger partial charge in [-0.3, -0.25) is 4.79 Å². The maximum Gasteiger partial charge on any atom is 0.317 e. The number of urea groups is 1. The quantitative estimate of drug-likeness (QED) is 0.915. The summed E-state index contributed by atoms with van der Waals surface area (Å²) in [6, 6.07) is 10.4. The molecule has 4 rings (SSSR count). The van der Waals surface area contributed by atoms with Crippen LogP contribution in [0.3, 0.4) is 0 Å². The smallest absolute Gasteiger partial charge is 0.317 e. The third kappa shape index (κ3) is 3.97. The summed E-state index contributed by atoms with van der Waals surface area (Å²) in [5.41, 5.74) is 1.19. The van der Waals surface area contributed by atoms with E-state index in [1.165, 1.54) is 18.4 Å². The van der Waals surface area contributed by atoms with Gasteiger partial charge in [-0.05, 0) is 43.6 Å². The molecule has 3 aliphatic rings. The van der Waals surface area contributed by atoms with Crippen molar-refractivity contribution in [3.05, 3.63) is 35.9 Å². The minimum atomic E-state index is 0.0153. The Hall–Kier alpha value is -2.04. The van der Waals surface area contributed by atoms with Crippen LogP contribution in [0.5, 0.6) is 0 Å². The number of carbonyl (C=O) groups excluding carboxylic acids is 2. The van der Waals surface area contributed by atoms with Crippen LogP contribution >= 0.6 is 0 Å². The first-order valence-electron chi connectivity index (χ1n) is 9.61. The molecule has 1 aliphatic heterocycles. The van der Waals surface area contributed by atoms with Crippen molar-refractivity contribution < 1.29 is 9.59 Å². The zero-order chi connectivity index (χ0) is 17.2. The van der Waals surface area contributed by atoms with Crippen molar-refractivity contribution in [2.45, 2.75) is 38.1 Å². The third-order valence-electron chi connectivity index (χ3n) is 5.55. The number of hydrogen-bond donors (Lipinski definition) is 1. The van der Waals surface area contributed by atoms with Gasteiger partial charge >= 0.3 is 6.03 Å². The summed E-state index contributed by atoms with van der Waals surface area (Å²) in [4.78, 5) is 28.9. The highest BCUT2D eigenvalue weighted by Gasteiger charge is 2.36. The fourth-order valence-corrected chi connectivity index (χ4v) is 3.72. The lowest BCUT2D eigenvalue weighted by Crippen LogP contribution is -2.44. The molecule has 2 saturated carbocycles. The predicted molar refractivity (Wildman–Crippen MR) is 95.9 cm³/mol. The van der Waals surface area contributed by atoms with E-state index < -0.39 is 0 Å². The first kappa shape index (κ1) is 16.4. The molecule has 0 bridgehead atoms. The molecule has 25 heavy (non-hydrogen) atoms. The molecule has 1 N–H and O–H groups in total. The summed E-state index contributed by atoms with van der Waals surface area (Å²) >= 11 is 0. The molecule has 1 unspecified atom stereocenters. The van der Waals surface area contributed by atoms with E-state index in [9.17, 15) is 9.59 Å². The Bertz CT molecular complexity index is 625. The van der Waals surface area contributed by atoms with Crippen LogP contribution in [0.15, 0.2) is 30.3 Å². The van der Waals surface area contributed by atoms with E-state index in [1.54, 1.807) is 0 Å². The highest BCUT2D eigenvalue weighted by molar-refractivity contribution is 5.81. The standard InChI is InChI=1S/C20H27N3O2/c24-19(17-9-10-17)22-11-4-12-23(14-13-22)20(25)21-18(16-7-8-16)15-5-2-1-3-6-15/h1-3,5-6,16-18H,4,7-14H2,(H,21,25). The van der Waals surface area contributed by atoms with Gasteiger partial charge in [0.15, 0.2) is 0 Å². The zero-order valence-corrected chi connectivity index (χ0v) is 14.7. The minimum absolute atomic E-state index is 0.0153. The van der Waals surface area contributed by atoms with Crippen LogP contribution in [-0.2, 0) is 4.79 Å². The second-order valence-corrected chi connectivity index (χ2v) is 7.62. The van der Waals surface area contributed by atoms with E-state index >= 15 is 0 Å². The van der Waals surface area contributed by atoms with Crippen LogP contribution < -0.4 is 5.32 Å². The van der Waals surface area contributed by atoms with Crippen molar-refractivity contribution in [2.75, 3.05) is 26.2 Å². The number of amides is 3. The maximum absolute atomic E-state index is 12.8. The molecule has 0 radical (unpaired) electrons. The van der Waals surface area contributed by atoms with Crippen LogP contribution in [0.25, 0.3) is 0 Å². The van der Waals surface area contributed by atoms with Gasteiger partial charge in [0.2, 0.25) is 5.91 Å². The molecule has 3 amide bonds. The highest BCUT2D eigenvalue weighted by atomic mass is 16.2. The molecule has 0 spiro atoms. The van der Waals surface area contributed by atoms with Crippen molar-refractivity contribution in [3.63, 3.8) is 0 Å². The molecule has 2 aliphatic carbocycles. The van der Waals surface area contributed by atoms with Crippen molar-refractivity contribution in [3.8, 4) is 0 Å². The van der Waals surface area contributed by atoms with Crippen molar-refractivity contribution >= 4 is 11.9 Å². The molecule has 1 aromatic carbocycles. The highest BCUT2D eigenvalue weighted by Crippen LogP contribution is 2.41. The van der Waals surface area contributed by atoms with E-state index in [1.807, 2.05) is 28.0 Å². The van der Waals surface area contributed by atoms with Crippen LogP contribution in [0.1, 0.15) is 43.7 Å². The molecule has 1 aromatic rings. The van der Waals surface area contributed by atoms with Gasteiger partial charge in [0.25, 0.3) is 0 Å². The predicted octanol–water partition coefficient (Wildman–Crippen LogP) is 2.79. The van der Waals surface area contributed by atoms with Crippen LogP contribution in [0, 0.1) is 11.8 Å². The Kier molecular flexibility index (Phi) is 4.64. The number of rotatable bonds is 4. The van der Waals surface area contributed by atoms with Gasteiger partial charge in [0.05, 0.1) is 6.04 Å². The van der Waals surface area contributed by atoms with Gasteiger partial charge in [-0.1, -0.05) is 30.3 Å². The Labute approximate surface area is 149 Å². The number of nitrogens with one attached hydrogen (secondary N) is 1. The minimum Gasteiger partial charge on any atom is -0.341 e. The van der Waals surface area contributed by atoms with Gasteiger partial charge in [0.1, 0.15) is 0 Å². The maximum atomic E-state index is 12.8. The fourth-order valence-electron chi connectivity index (χ4n) is 3.72. The van der Waals surface area contributed by atoms with Gasteiger partial charge in [0, 0.05) is 32.1 Å². The molecule has 3 fully saturated rings. The monoisotopic (exact) mass is 341 g/mol. The number of nitrogens with zero attached hydrogens (tertiary/aromatic N) is 2. The average molecular weight is 341 g/mol. The molecule has 5 heteroatoms. The van der Waals surface area contributed by atoms with Gasteiger partial charge in [-0.2, -0.15) is 0 Å². The van der Waals surface area contributed by atoms with E-state index in [2.05, 4.69) is 17.4 Å². The number of benzene rings is 1. The summed E-state index contributed by atoms with van der Waals surface area (Å²) in [5.74, 6) is 1.12. The van der Waals surface area contributed by atoms with E-state index in [-0.39, 0.29) is 18.0 Å². The van der Waals surface area contributed by atoms with Crippen molar-refractivity contribution in [1.29, 1.82) is 0 Å². The third-order valence-corrected chi connectivity index (χ3v) is 5.55. The summed E-state index contributed by atoms with van der Waals surface area (Å²) in [5, 5.41) is 3.26. The second kappa shape index (κ2) is 7.06. The van der Waals surface area contributed by atoms with Gasteiger partial charge in [-0.15, -0.1) is 0 Å². The van der Waals surface area contributed by atoms with E-state index in [0.717, 1.165) is 32.4 Å². The Morgan fingerprint density at radius 2 is 1.60 bits per heavy atom. The Morgan fingerprint density at radius 1 is 0.920 bits per heavy atom. The molecule has 5 nitrogen and oxygen atoms in total. The molecule has 1 saturated heterocycles. The van der Waals surface area contributed by atoms with Gasteiger partial charge in [-0.25, -0.2) is 4.79 Å². The van der Waals surface area contributed by atoms with Crippen LogP contribution in [-0.4, -0.2) is 47.9 Å². The molecule has 0 aromatic heterocycles. The molecule has 1 atom stereocenters. The first-order valence-corrected chi connectivity index (χ1v) is 9.61. The molecular formula is C20H27N3O2. The summed E-state index contributed by atoms with van der Waals surface area (Å²) in [7, 11) is 0. The molecule has 134 valence electrons.